The zero-order valence-electron chi connectivity index (χ0n) is 17.4. The van der Waals surface area contributed by atoms with Crippen molar-refractivity contribution in [3.63, 3.8) is 0 Å². The molecule has 0 unspecified atom stereocenters. The Bertz CT molecular complexity index is 1270. The molecule has 0 bridgehead atoms. The van der Waals surface area contributed by atoms with Gasteiger partial charge in [0.1, 0.15) is 12.1 Å². The molecule has 0 aliphatic carbocycles. The van der Waals surface area contributed by atoms with Crippen LogP contribution in [0.1, 0.15) is 27.2 Å². The summed E-state index contributed by atoms with van der Waals surface area (Å²) in [5.41, 5.74) is 5.07. The molecule has 0 saturated heterocycles. The molecule has 7 nitrogen and oxygen atoms in total. The maximum Gasteiger partial charge on any atom is 0.255 e. The van der Waals surface area contributed by atoms with Crippen molar-refractivity contribution in [3.8, 4) is 5.82 Å². The third kappa shape index (κ3) is 4.75. The Morgan fingerprint density at radius 3 is 2.61 bits per heavy atom. The smallest absolute Gasteiger partial charge is 0.255 e. The number of thiol groups is 1. The second-order valence-electron chi connectivity index (χ2n) is 7.30. The number of rotatable bonds is 5. The number of carbonyl (C=O) groups excluding carboxylic acids is 1. The van der Waals surface area contributed by atoms with Gasteiger partial charge in [-0.2, -0.15) is 9.78 Å². The molecule has 2 N–H and O–H groups in total. The van der Waals surface area contributed by atoms with Crippen LogP contribution in [0, 0.1) is 20.8 Å². The lowest BCUT2D eigenvalue weighted by Gasteiger charge is -2.14. The predicted octanol–water partition coefficient (Wildman–Crippen LogP) is 4.87. The number of amides is 1. The molecule has 0 aliphatic rings. The van der Waals surface area contributed by atoms with E-state index in [9.17, 15) is 4.79 Å². The van der Waals surface area contributed by atoms with E-state index >= 15 is 0 Å². The molecule has 2 heterocycles. The molecule has 4 aromatic rings. The highest BCUT2D eigenvalue weighted by molar-refractivity contribution is 7.80. The van der Waals surface area contributed by atoms with Gasteiger partial charge in [-0.15, -0.1) is 12.6 Å². The second-order valence-corrected chi connectivity index (χ2v) is 7.75. The summed E-state index contributed by atoms with van der Waals surface area (Å²) in [6.45, 7) is 5.87. The Labute approximate surface area is 186 Å². The number of aryl methyl sites for hydroxylation is 3. The Morgan fingerprint density at radius 2 is 1.84 bits per heavy atom. The minimum absolute atomic E-state index is 0.151. The van der Waals surface area contributed by atoms with Crippen LogP contribution in [0.15, 0.2) is 66.0 Å². The maximum absolute atomic E-state index is 12.6. The first kappa shape index (κ1) is 20.6. The summed E-state index contributed by atoms with van der Waals surface area (Å²) in [5.74, 6) is 1.20. The molecule has 0 spiro atoms. The minimum Gasteiger partial charge on any atom is -0.340 e. The first-order chi connectivity index (χ1) is 14.9. The fourth-order valence-electron chi connectivity index (χ4n) is 3.18. The molecule has 31 heavy (non-hydrogen) atoms. The van der Waals surface area contributed by atoms with E-state index in [0.29, 0.717) is 22.1 Å². The fourth-order valence-corrected chi connectivity index (χ4v) is 3.35. The number of nitrogens with one attached hydrogen (secondary N) is 2. The van der Waals surface area contributed by atoms with Gasteiger partial charge in [0, 0.05) is 29.1 Å². The molecule has 1 amide bonds. The first-order valence-electron chi connectivity index (χ1n) is 9.73. The predicted molar refractivity (Wildman–Crippen MR) is 125 cm³/mol. The standard InChI is InChI=1S/C23H22N6OS/c1-14-5-4-6-17(9-14)23(30)26-18-8-7-15(2)19(11-18)27-21-10-16(3)28-29(21)20-12-22(31)25-13-24-20/h4-13,27H,1-3H3,(H,26,30)(H,24,25,31). The average molecular weight is 431 g/mol. The lowest BCUT2D eigenvalue weighted by atomic mass is 10.1. The van der Waals surface area contributed by atoms with Gasteiger partial charge in [0.05, 0.1) is 10.7 Å². The summed E-state index contributed by atoms with van der Waals surface area (Å²) in [5, 5.41) is 11.5. The van der Waals surface area contributed by atoms with E-state index < -0.39 is 0 Å². The highest BCUT2D eigenvalue weighted by atomic mass is 32.1. The zero-order valence-corrected chi connectivity index (χ0v) is 18.3. The van der Waals surface area contributed by atoms with Crippen LogP contribution in [0.25, 0.3) is 5.82 Å². The van der Waals surface area contributed by atoms with Crippen LogP contribution in [0.3, 0.4) is 0 Å². The van der Waals surface area contributed by atoms with E-state index in [2.05, 4.69) is 38.3 Å². The van der Waals surface area contributed by atoms with Crippen molar-refractivity contribution in [2.75, 3.05) is 10.6 Å². The topological polar surface area (TPSA) is 84.7 Å². The molecule has 0 aliphatic heterocycles. The molecular weight excluding hydrogens is 408 g/mol. The number of carbonyl (C=O) groups is 1. The van der Waals surface area contributed by atoms with Crippen LogP contribution in [0.4, 0.5) is 17.2 Å². The Balaban J connectivity index is 1.61. The second kappa shape index (κ2) is 8.61. The monoisotopic (exact) mass is 430 g/mol. The third-order valence-corrected chi connectivity index (χ3v) is 4.97. The van der Waals surface area contributed by atoms with Crippen LogP contribution in [-0.2, 0) is 0 Å². The Morgan fingerprint density at radius 1 is 1.00 bits per heavy atom. The minimum atomic E-state index is -0.151. The summed E-state index contributed by atoms with van der Waals surface area (Å²) < 4.78 is 1.70. The van der Waals surface area contributed by atoms with Crippen LogP contribution >= 0.6 is 12.6 Å². The molecule has 156 valence electrons. The van der Waals surface area contributed by atoms with Gasteiger partial charge in [0.25, 0.3) is 5.91 Å². The lowest BCUT2D eigenvalue weighted by Crippen LogP contribution is -2.12. The van der Waals surface area contributed by atoms with Crippen LogP contribution in [0.5, 0.6) is 0 Å². The van der Waals surface area contributed by atoms with Crippen LogP contribution in [0.2, 0.25) is 0 Å². The SMILES string of the molecule is Cc1cccc(C(=O)Nc2ccc(C)c(Nc3cc(C)nn3-c3cc(S)ncn3)c2)c1. The van der Waals surface area contributed by atoms with Crippen molar-refractivity contribution < 1.29 is 4.79 Å². The molecule has 0 fully saturated rings. The Kier molecular flexibility index (Phi) is 5.73. The molecule has 4 rings (SSSR count). The lowest BCUT2D eigenvalue weighted by molar-refractivity contribution is 0.102. The average Bonchev–Trinajstić information content (AvgIpc) is 3.10. The highest BCUT2D eigenvalue weighted by Crippen LogP contribution is 2.26. The maximum atomic E-state index is 12.6. The quantitative estimate of drug-likeness (QED) is 0.311. The van der Waals surface area contributed by atoms with Gasteiger partial charge < -0.3 is 10.6 Å². The zero-order chi connectivity index (χ0) is 22.0. The van der Waals surface area contributed by atoms with Crippen LogP contribution < -0.4 is 10.6 Å². The molecule has 2 aromatic carbocycles. The van der Waals surface area contributed by atoms with Crippen molar-refractivity contribution in [2.24, 2.45) is 0 Å². The van der Waals surface area contributed by atoms with E-state index in [1.807, 2.05) is 63.2 Å². The molecule has 0 radical (unpaired) electrons. The van der Waals surface area contributed by atoms with E-state index in [4.69, 9.17) is 0 Å². The number of benzene rings is 2. The molecule has 0 atom stereocenters. The van der Waals surface area contributed by atoms with Crippen molar-refractivity contribution in [3.05, 3.63) is 83.3 Å². The van der Waals surface area contributed by atoms with Gasteiger partial charge in [-0.05, 0) is 50.6 Å². The van der Waals surface area contributed by atoms with Gasteiger partial charge in [-0.1, -0.05) is 23.8 Å². The van der Waals surface area contributed by atoms with Gasteiger partial charge in [0.2, 0.25) is 0 Å². The summed E-state index contributed by atoms with van der Waals surface area (Å²) >= 11 is 4.29. The van der Waals surface area contributed by atoms with Crippen molar-refractivity contribution in [1.82, 2.24) is 19.7 Å². The van der Waals surface area contributed by atoms with E-state index in [1.165, 1.54) is 6.33 Å². The highest BCUT2D eigenvalue weighted by Gasteiger charge is 2.12. The molecule has 2 aromatic heterocycles. The Hall–Kier alpha value is -3.65. The van der Waals surface area contributed by atoms with Crippen molar-refractivity contribution in [2.45, 2.75) is 25.8 Å². The summed E-state index contributed by atoms with van der Waals surface area (Å²) in [7, 11) is 0. The number of anilines is 3. The normalized spacial score (nSPS) is 10.7. The molecule has 8 heteroatoms. The first-order valence-corrected chi connectivity index (χ1v) is 10.2. The molecule has 0 saturated carbocycles. The van der Waals surface area contributed by atoms with Gasteiger partial charge in [0.15, 0.2) is 5.82 Å². The van der Waals surface area contributed by atoms with Gasteiger partial charge in [-0.3, -0.25) is 4.79 Å². The number of nitrogens with zero attached hydrogens (tertiary/aromatic N) is 4. The summed E-state index contributed by atoms with van der Waals surface area (Å²) in [6, 6.07) is 16.9. The van der Waals surface area contributed by atoms with Crippen molar-refractivity contribution in [1.29, 1.82) is 0 Å². The number of hydrogen-bond donors (Lipinski definition) is 3. The summed E-state index contributed by atoms with van der Waals surface area (Å²) in [4.78, 5) is 20.9. The largest absolute Gasteiger partial charge is 0.340 e. The number of aromatic nitrogens is 4. The molecular formula is C23H22N6OS. The van der Waals surface area contributed by atoms with E-state index in [-0.39, 0.29) is 5.91 Å². The van der Waals surface area contributed by atoms with Crippen molar-refractivity contribution >= 4 is 35.7 Å². The fraction of sp³-hybridized carbons (Fsp3) is 0.130. The third-order valence-electron chi connectivity index (χ3n) is 4.73. The number of hydrogen-bond acceptors (Lipinski definition) is 6. The van der Waals surface area contributed by atoms with Gasteiger partial charge >= 0.3 is 0 Å². The van der Waals surface area contributed by atoms with Crippen LogP contribution in [-0.4, -0.2) is 25.7 Å². The van der Waals surface area contributed by atoms with E-state index in [0.717, 1.165) is 28.3 Å². The summed E-state index contributed by atoms with van der Waals surface area (Å²) in [6.07, 6.45) is 1.45. The van der Waals surface area contributed by atoms with E-state index in [1.54, 1.807) is 16.8 Å². The van der Waals surface area contributed by atoms with Gasteiger partial charge in [-0.25, -0.2) is 9.97 Å².